The number of nitrogens with two attached hydrogens (primary N) is 1. The lowest BCUT2D eigenvalue weighted by atomic mass is 9.87. The second-order valence-corrected chi connectivity index (χ2v) is 8.41. The molecular formula is C11H20N2O2S2. The fourth-order valence-electron chi connectivity index (χ4n) is 1.21. The Morgan fingerprint density at radius 2 is 2.06 bits per heavy atom. The molecule has 0 radical (unpaired) electrons. The third-order valence-corrected chi connectivity index (χ3v) is 5.92. The molecule has 0 aliphatic rings. The van der Waals surface area contributed by atoms with Crippen molar-refractivity contribution >= 4 is 21.4 Å². The standard InChI is InChI=1S/C11H20N2O2S2/c1-11(2,3)9(12)8-13(4)17(14,15)10-6-5-7-16-10/h5-7,9H,8,12H2,1-4H3/t9-/m1/s1. The van der Waals surface area contributed by atoms with Gasteiger partial charge in [0, 0.05) is 19.6 Å². The summed E-state index contributed by atoms with van der Waals surface area (Å²) in [6, 6.07) is 3.15. The summed E-state index contributed by atoms with van der Waals surface area (Å²) in [5, 5.41) is 1.75. The van der Waals surface area contributed by atoms with Crippen molar-refractivity contribution in [1.82, 2.24) is 4.31 Å². The van der Waals surface area contributed by atoms with Gasteiger partial charge in [0.15, 0.2) is 0 Å². The first-order chi connectivity index (χ1) is 7.65. The topological polar surface area (TPSA) is 63.4 Å². The smallest absolute Gasteiger partial charge is 0.252 e. The predicted molar refractivity (Wildman–Crippen MR) is 71.6 cm³/mol. The van der Waals surface area contributed by atoms with E-state index in [-0.39, 0.29) is 11.5 Å². The fourth-order valence-corrected chi connectivity index (χ4v) is 3.61. The Kier molecular flexibility index (Phi) is 4.35. The first-order valence-corrected chi connectivity index (χ1v) is 7.73. The summed E-state index contributed by atoms with van der Waals surface area (Å²) in [4.78, 5) is 0. The lowest BCUT2D eigenvalue weighted by Crippen LogP contribution is -2.45. The maximum Gasteiger partial charge on any atom is 0.252 e. The van der Waals surface area contributed by atoms with Gasteiger partial charge >= 0.3 is 0 Å². The second kappa shape index (κ2) is 5.06. The SMILES string of the molecule is CN(C[C@@H](N)C(C)(C)C)S(=O)(=O)c1cccs1. The number of hydrogen-bond donors (Lipinski definition) is 1. The highest BCUT2D eigenvalue weighted by Crippen LogP contribution is 2.23. The second-order valence-electron chi connectivity index (χ2n) is 5.19. The molecule has 0 fully saturated rings. The number of likely N-dealkylation sites (N-methyl/N-ethyl adjacent to an activating group) is 1. The zero-order valence-corrected chi connectivity index (χ0v) is 12.3. The summed E-state index contributed by atoms with van der Waals surface area (Å²) in [6.07, 6.45) is 0. The Labute approximate surface area is 107 Å². The van der Waals surface area contributed by atoms with Crippen LogP contribution in [0.1, 0.15) is 20.8 Å². The highest BCUT2D eigenvalue weighted by Gasteiger charge is 2.28. The molecule has 0 aliphatic carbocycles. The van der Waals surface area contributed by atoms with Crippen LogP contribution in [0.5, 0.6) is 0 Å². The van der Waals surface area contributed by atoms with Crippen molar-refractivity contribution in [3.63, 3.8) is 0 Å². The molecule has 2 N–H and O–H groups in total. The highest BCUT2D eigenvalue weighted by atomic mass is 32.2. The average molecular weight is 276 g/mol. The molecule has 98 valence electrons. The van der Waals surface area contributed by atoms with Gasteiger partial charge in [-0.25, -0.2) is 8.42 Å². The van der Waals surface area contributed by atoms with Crippen molar-refractivity contribution in [3.05, 3.63) is 17.5 Å². The van der Waals surface area contributed by atoms with Crippen molar-refractivity contribution in [2.45, 2.75) is 31.0 Å². The van der Waals surface area contributed by atoms with Gasteiger partial charge < -0.3 is 5.73 Å². The van der Waals surface area contributed by atoms with Crippen molar-refractivity contribution in [2.24, 2.45) is 11.1 Å². The number of nitrogens with zero attached hydrogens (tertiary/aromatic N) is 1. The Morgan fingerprint density at radius 1 is 1.47 bits per heavy atom. The van der Waals surface area contributed by atoms with Crippen LogP contribution < -0.4 is 5.73 Å². The summed E-state index contributed by atoms with van der Waals surface area (Å²) in [7, 11) is -1.81. The Balaban J connectivity index is 2.82. The van der Waals surface area contributed by atoms with Crippen LogP contribution in [0.3, 0.4) is 0 Å². The fraction of sp³-hybridized carbons (Fsp3) is 0.636. The summed E-state index contributed by atoms with van der Waals surface area (Å²) < 4.78 is 26.0. The first-order valence-electron chi connectivity index (χ1n) is 5.41. The number of hydrogen-bond acceptors (Lipinski definition) is 4. The minimum Gasteiger partial charge on any atom is -0.326 e. The molecule has 4 nitrogen and oxygen atoms in total. The van der Waals surface area contributed by atoms with E-state index in [0.29, 0.717) is 10.8 Å². The van der Waals surface area contributed by atoms with E-state index in [1.165, 1.54) is 15.6 Å². The van der Waals surface area contributed by atoms with E-state index < -0.39 is 10.0 Å². The maximum atomic E-state index is 12.1. The molecule has 0 bridgehead atoms. The normalized spacial score (nSPS) is 15.2. The molecule has 0 amide bonds. The molecule has 6 heteroatoms. The van der Waals surface area contributed by atoms with Crippen molar-refractivity contribution in [2.75, 3.05) is 13.6 Å². The maximum absolute atomic E-state index is 12.1. The molecule has 1 atom stereocenters. The molecule has 0 saturated heterocycles. The molecule has 1 heterocycles. The summed E-state index contributed by atoms with van der Waals surface area (Å²) in [6.45, 7) is 6.33. The lowest BCUT2D eigenvalue weighted by Gasteiger charge is -2.30. The number of sulfonamides is 1. The van der Waals surface area contributed by atoms with E-state index in [9.17, 15) is 8.42 Å². The quantitative estimate of drug-likeness (QED) is 0.911. The molecule has 0 unspecified atom stereocenters. The zero-order chi connectivity index (χ0) is 13.3. The molecule has 0 saturated carbocycles. The third kappa shape index (κ3) is 3.51. The van der Waals surface area contributed by atoms with Crippen LogP contribution in [0, 0.1) is 5.41 Å². The zero-order valence-electron chi connectivity index (χ0n) is 10.7. The number of thiophene rings is 1. The molecular weight excluding hydrogens is 256 g/mol. The summed E-state index contributed by atoms with van der Waals surface area (Å²) >= 11 is 1.22. The Morgan fingerprint density at radius 3 is 2.47 bits per heavy atom. The molecule has 1 aromatic heterocycles. The minimum atomic E-state index is -3.38. The van der Waals surface area contributed by atoms with E-state index in [1.807, 2.05) is 20.8 Å². The van der Waals surface area contributed by atoms with Gasteiger partial charge in [0.1, 0.15) is 4.21 Å². The van der Waals surface area contributed by atoms with Gasteiger partial charge in [-0.05, 0) is 16.9 Å². The van der Waals surface area contributed by atoms with Crippen LogP contribution in [0.4, 0.5) is 0 Å². The Bertz CT molecular complexity index is 446. The molecule has 0 aromatic carbocycles. The van der Waals surface area contributed by atoms with Crippen LogP contribution in [0.15, 0.2) is 21.7 Å². The molecule has 17 heavy (non-hydrogen) atoms. The van der Waals surface area contributed by atoms with Crippen molar-refractivity contribution < 1.29 is 8.42 Å². The molecule has 0 aliphatic heterocycles. The van der Waals surface area contributed by atoms with E-state index >= 15 is 0 Å². The molecule has 1 aromatic rings. The number of rotatable bonds is 4. The van der Waals surface area contributed by atoms with E-state index in [2.05, 4.69) is 0 Å². The largest absolute Gasteiger partial charge is 0.326 e. The average Bonchev–Trinajstić information content (AvgIpc) is 2.68. The van der Waals surface area contributed by atoms with E-state index in [4.69, 9.17) is 5.73 Å². The van der Waals surface area contributed by atoms with E-state index in [0.717, 1.165) is 0 Å². The van der Waals surface area contributed by atoms with Gasteiger partial charge in [-0.2, -0.15) is 4.31 Å². The van der Waals surface area contributed by atoms with Crippen molar-refractivity contribution in [1.29, 1.82) is 0 Å². The first kappa shape index (κ1) is 14.6. The molecule has 0 spiro atoms. The van der Waals surface area contributed by atoms with Crippen LogP contribution in [-0.2, 0) is 10.0 Å². The minimum absolute atomic E-state index is 0.112. The predicted octanol–water partition coefficient (Wildman–Crippen LogP) is 1.74. The van der Waals surface area contributed by atoms with Gasteiger partial charge in [0.05, 0.1) is 0 Å². The van der Waals surface area contributed by atoms with Crippen LogP contribution in [0.2, 0.25) is 0 Å². The van der Waals surface area contributed by atoms with Crippen LogP contribution in [0.25, 0.3) is 0 Å². The van der Waals surface area contributed by atoms with Gasteiger partial charge in [-0.3, -0.25) is 0 Å². The lowest BCUT2D eigenvalue weighted by molar-refractivity contribution is 0.279. The van der Waals surface area contributed by atoms with E-state index in [1.54, 1.807) is 24.6 Å². The van der Waals surface area contributed by atoms with Gasteiger partial charge in [-0.1, -0.05) is 26.8 Å². The Hall–Kier alpha value is -0.430. The van der Waals surface area contributed by atoms with Crippen molar-refractivity contribution in [3.8, 4) is 0 Å². The van der Waals surface area contributed by atoms with Gasteiger partial charge in [-0.15, -0.1) is 11.3 Å². The van der Waals surface area contributed by atoms with Gasteiger partial charge in [0.25, 0.3) is 10.0 Å². The molecule has 1 rings (SSSR count). The summed E-state index contributed by atoms with van der Waals surface area (Å²) in [5.74, 6) is 0. The summed E-state index contributed by atoms with van der Waals surface area (Å²) in [5.41, 5.74) is 5.89. The third-order valence-electron chi connectivity index (χ3n) is 2.73. The van der Waals surface area contributed by atoms with Crippen LogP contribution >= 0.6 is 11.3 Å². The monoisotopic (exact) mass is 276 g/mol. The van der Waals surface area contributed by atoms with Crippen LogP contribution in [-0.4, -0.2) is 32.4 Å². The highest BCUT2D eigenvalue weighted by molar-refractivity contribution is 7.91. The van der Waals surface area contributed by atoms with Gasteiger partial charge in [0.2, 0.25) is 0 Å².